The summed E-state index contributed by atoms with van der Waals surface area (Å²) in [6.07, 6.45) is 1.72. The van der Waals surface area contributed by atoms with Crippen molar-refractivity contribution in [3.63, 3.8) is 0 Å². The van der Waals surface area contributed by atoms with Crippen molar-refractivity contribution in [2.45, 2.75) is 0 Å². The van der Waals surface area contributed by atoms with Crippen LogP contribution in [-0.2, 0) is 0 Å². The Balaban J connectivity index is 2.08. The molecule has 0 saturated carbocycles. The molecule has 0 aliphatic carbocycles. The molecule has 3 rings (SSSR count). The molecule has 136 valence electrons. The van der Waals surface area contributed by atoms with E-state index in [4.69, 9.17) is 26.4 Å². The van der Waals surface area contributed by atoms with Crippen LogP contribution in [0.25, 0.3) is 11.4 Å². The largest absolute Gasteiger partial charge is 0.493 e. The van der Waals surface area contributed by atoms with E-state index in [0.717, 1.165) is 14.2 Å². The van der Waals surface area contributed by atoms with Gasteiger partial charge in [-0.25, -0.2) is 5.10 Å². The molecule has 0 aliphatic heterocycles. The Kier molecular flexibility index (Phi) is 5.74. The number of hydrogen-bond acceptors (Lipinski definition) is 7. The number of H-pyrrole nitrogens is 1. The summed E-state index contributed by atoms with van der Waals surface area (Å²) >= 11 is 10.3. The fourth-order valence-corrected chi connectivity index (χ4v) is 3.78. The minimum absolute atomic E-state index is 0.376. The van der Waals surface area contributed by atoms with Crippen LogP contribution in [0, 0.1) is 4.77 Å². The summed E-state index contributed by atoms with van der Waals surface area (Å²) in [6, 6.07) is 7.50. The van der Waals surface area contributed by atoms with Gasteiger partial charge in [-0.3, -0.25) is 0 Å². The molecule has 26 heavy (non-hydrogen) atoms. The van der Waals surface area contributed by atoms with Crippen molar-refractivity contribution in [2.24, 2.45) is 5.10 Å². The maximum atomic E-state index is 5.40. The SMILES string of the molecule is COc1cc(-c2n[nH]c(=S)n2N=Cc2ccc(Br)s2)cc(OC)c1OC. The number of aromatic amines is 1. The summed E-state index contributed by atoms with van der Waals surface area (Å²) in [5.74, 6) is 2.08. The van der Waals surface area contributed by atoms with Gasteiger partial charge in [0, 0.05) is 10.4 Å². The second-order valence-corrected chi connectivity index (χ2v) is 7.85. The number of thiophene rings is 1. The Morgan fingerprint density at radius 1 is 1.19 bits per heavy atom. The number of nitrogens with zero attached hydrogens (tertiary/aromatic N) is 3. The van der Waals surface area contributed by atoms with Crippen LogP contribution in [0.3, 0.4) is 0 Å². The summed E-state index contributed by atoms with van der Waals surface area (Å²) in [6.45, 7) is 0. The third-order valence-electron chi connectivity index (χ3n) is 3.47. The van der Waals surface area contributed by atoms with E-state index < -0.39 is 0 Å². The highest BCUT2D eigenvalue weighted by Crippen LogP contribution is 2.40. The zero-order valence-corrected chi connectivity index (χ0v) is 17.4. The average molecular weight is 455 g/mol. The molecule has 2 heterocycles. The van der Waals surface area contributed by atoms with Gasteiger partial charge in [0.15, 0.2) is 17.3 Å². The first-order chi connectivity index (χ1) is 12.6. The van der Waals surface area contributed by atoms with Crippen molar-refractivity contribution in [1.29, 1.82) is 0 Å². The van der Waals surface area contributed by atoms with Gasteiger partial charge in [-0.1, -0.05) is 0 Å². The molecule has 0 radical (unpaired) electrons. The zero-order valence-electron chi connectivity index (χ0n) is 14.1. The van der Waals surface area contributed by atoms with E-state index in [1.165, 1.54) is 0 Å². The molecule has 0 amide bonds. The molecule has 2 aromatic heterocycles. The highest BCUT2D eigenvalue weighted by atomic mass is 79.9. The predicted molar refractivity (Wildman–Crippen MR) is 108 cm³/mol. The van der Waals surface area contributed by atoms with Gasteiger partial charge in [0.25, 0.3) is 0 Å². The quantitative estimate of drug-likeness (QED) is 0.442. The Hall–Kier alpha value is -2.17. The van der Waals surface area contributed by atoms with Crippen molar-refractivity contribution in [2.75, 3.05) is 21.3 Å². The lowest BCUT2D eigenvalue weighted by Crippen LogP contribution is -1.98. The second kappa shape index (κ2) is 8.02. The monoisotopic (exact) mass is 454 g/mol. The standard InChI is InChI=1S/C16H15BrN4O3S2/c1-22-11-6-9(7-12(23-2)14(11)24-3)15-19-20-16(25)21(15)18-8-10-4-5-13(17)26-10/h4-8H,1-3H3,(H,20,25). The smallest absolute Gasteiger partial charge is 0.216 e. The van der Waals surface area contributed by atoms with Gasteiger partial charge in [0.05, 0.1) is 31.3 Å². The number of halogens is 1. The van der Waals surface area contributed by atoms with Crippen molar-refractivity contribution in [3.8, 4) is 28.6 Å². The molecule has 0 saturated heterocycles. The van der Waals surface area contributed by atoms with Gasteiger partial charge in [-0.05, 0) is 52.4 Å². The molecule has 1 N–H and O–H groups in total. The van der Waals surface area contributed by atoms with Crippen LogP contribution < -0.4 is 14.2 Å². The van der Waals surface area contributed by atoms with Crippen molar-refractivity contribution in [1.82, 2.24) is 14.9 Å². The normalized spacial score (nSPS) is 11.1. The Bertz CT molecular complexity index is 984. The topological polar surface area (TPSA) is 73.7 Å². The number of benzene rings is 1. The fourth-order valence-electron chi connectivity index (χ4n) is 2.31. The lowest BCUT2D eigenvalue weighted by Gasteiger charge is -2.13. The Morgan fingerprint density at radius 3 is 2.42 bits per heavy atom. The van der Waals surface area contributed by atoms with Crippen LogP contribution in [0.2, 0.25) is 0 Å². The average Bonchev–Trinajstić information content (AvgIpc) is 3.23. The van der Waals surface area contributed by atoms with Crippen molar-refractivity contribution >= 4 is 45.7 Å². The van der Waals surface area contributed by atoms with Crippen LogP contribution in [-0.4, -0.2) is 42.4 Å². The van der Waals surface area contributed by atoms with Crippen LogP contribution >= 0.6 is 39.5 Å². The molecule has 0 spiro atoms. The maximum absolute atomic E-state index is 5.40. The summed E-state index contributed by atoms with van der Waals surface area (Å²) in [5, 5.41) is 11.5. The molecule has 0 atom stereocenters. The summed E-state index contributed by atoms with van der Waals surface area (Å²) in [4.78, 5) is 0.982. The van der Waals surface area contributed by atoms with E-state index in [0.29, 0.717) is 27.8 Å². The lowest BCUT2D eigenvalue weighted by molar-refractivity contribution is 0.324. The third-order valence-corrected chi connectivity index (χ3v) is 5.29. The molecule has 7 nitrogen and oxygen atoms in total. The van der Waals surface area contributed by atoms with Crippen LogP contribution in [0.5, 0.6) is 17.2 Å². The molecule has 10 heteroatoms. The van der Waals surface area contributed by atoms with Crippen molar-refractivity contribution in [3.05, 3.63) is 37.7 Å². The number of nitrogens with one attached hydrogen (secondary N) is 1. The molecule has 0 bridgehead atoms. The van der Waals surface area contributed by atoms with Crippen molar-refractivity contribution < 1.29 is 14.2 Å². The van der Waals surface area contributed by atoms with Crippen LogP contribution in [0.1, 0.15) is 4.88 Å². The Labute approximate surface area is 167 Å². The number of aromatic nitrogens is 3. The molecule has 0 aliphatic rings. The lowest BCUT2D eigenvalue weighted by atomic mass is 10.1. The van der Waals surface area contributed by atoms with Gasteiger partial charge in [0.2, 0.25) is 10.5 Å². The van der Waals surface area contributed by atoms with Gasteiger partial charge in [-0.2, -0.15) is 14.9 Å². The van der Waals surface area contributed by atoms with Crippen LogP contribution in [0.15, 0.2) is 33.2 Å². The summed E-state index contributed by atoms with van der Waals surface area (Å²) < 4.78 is 19.1. The van der Waals surface area contributed by atoms with E-state index in [-0.39, 0.29) is 0 Å². The minimum Gasteiger partial charge on any atom is -0.493 e. The minimum atomic E-state index is 0.376. The number of hydrogen-bond donors (Lipinski definition) is 1. The van der Waals surface area contributed by atoms with Crippen LogP contribution in [0.4, 0.5) is 0 Å². The summed E-state index contributed by atoms with van der Waals surface area (Å²) in [7, 11) is 4.68. The fraction of sp³-hybridized carbons (Fsp3) is 0.188. The van der Waals surface area contributed by atoms with Gasteiger partial charge in [-0.15, -0.1) is 11.3 Å². The Morgan fingerprint density at radius 2 is 1.88 bits per heavy atom. The first kappa shape index (κ1) is 18.6. The first-order valence-electron chi connectivity index (χ1n) is 7.35. The molecule has 1 aromatic carbocycles. The maximum Gasteiger partial charge on any atom is 0.216 e. The highest BCUT2D eigenvalue weighted by molar-refractivity contribution is 9.11. The van der Waals surface area contributed by atoms with Gasteiger partial charge in [0.1, 0.15) is 0 Å². The van der Waals surface area contributed by atoms with Gasteiger partial charge < -0.3 is 14.2 Å². The molecule has 0 fully saturated rings. The highest BCUT2D eigenvalue weighted by Gasteiger charge is 2.17. The van der Waals surface area contributed by atoms with E-state index in [2.05, 4.69) is 31.2 Å². The number of ether oxygens (including phenoxy) is 3. The molecule has 3 aromatic rings. The molecule has 0 unspecified atom stereocenters. The first-order valence-corrected chi connectivity index (χ1v) is 9.36. The molecular weight excluding hydrogens is 440 g/mol. The zero-order chi connectivity index (χ0) is 18.7. The second-order valence-electron chi connectivity index (χ2n) is 4.96. The predicted octanol–water partition coefficient (Wildman–Crippen LogP) is 4.34. The van der Waals surface area contributed by atoms with E-state index in [9.17, 15) is 0 Å². The van der Waals surface area contributed by atoms with Gasteiger partial charge >= 0.3 is 0 Å². The summed E-state index contributed by atoms with van der Waals surface area (Å²) in [5.41, 5.74) is 0.719. The molecular formula is C16H15BrN4O3S2. The van der Waals surface area contributed by atoms with E-state index >= 15 is 0 Å². The number of rotatable bonds is 6. The van der Waals surface area contributed by atoms with E-state index in [1.807, 2.05) is 12.1 Å². The number of methoxy groups -OCH3 is 3. The van der Waals surface area contributed by atoms with E-state index in [1.54, 1.807) is 55.7 Å². The third kappa shape index (κ3) is 3.67.